The van der Waals surface area contributed by atoms with Gasteiger partial charge in [0.15, 0.2) is 0 Å². The summed E-state index contributed by atoms with van der Waals surface area (Å²) in [5, 5.41) is 5.11. The van der Waals surface area contributed by atoms with Crippen molar-refractivity contribution < 1.29 is 0 Å². The first-order chi connectivity index (χ1) is 9.04. The van der Waals surface area contributed by atoms with Gasteiger partial charge in [0.25, 0.3) is 0 Å². The summed E-state index contributed by atoms with van der Waals surface area (Å²) in [7, 11) is 1.87. The predicted molar refractivity (Wildman–Crippen MR) is 82.5 cm³/mol. The number of halogens is 3. The molecule has 5 heteroatoms. The molecule has 0 saturated heterocycles. The van der Waals surface area contributed by atoms with Crippen molar-refractivity contribution in [2.45, 2.75) is 39.0 Å². The highest BCUT2D eigenvalue weighted by Gasteiger charge is 2.40. The normalized spacial score (nSPS) is 17.3. The zero-order chi connectivity index (χ0) is 14.0. The summed E-state index contributed by atoms with van der Waals surface area (Å²) in [6.45, 7) is 2.00. The van der Waals surface area contributed by atoms with Crippen molar-refractivity contribution in [1.82, 2.24) is 9.78 Å². The molecule has 1 aliphatic carbocycles. The second-order valence-corrected chi connectivity index (χ2v) is 6.66. The van der Waals surface area contributed by atoms with E-state index in [9.17, 15) is 0 Å². The third-order valence-corrected chi connectivity index (χ3v) is 6.09. The second-order valence-electron chi connectivity index (χ2n) is 5.77. The molecule has 2 rings (SSSR count). The molecule has 0 unspecified atom stereocenters. The molecule has 1 aliphatic rings. The van der Waals surface area contributed by atoms with Crippen molar-refractivity contribution in [1.29, 1.82) is 0 Å². The maximum absolute atomic E-state index is 6.36. The molecular formula is C14H21Cl3N2. The zero-order valence-corrected chi connectivity index (χ0v) is 13.8. The molecule has 1 fully saturated rings. The molecule has 0 aliphatic heterocycles. The summed E-state index contributed by atoms with van der Waals surface area (Å²) < 4.78 is 1.73. The van der Waals surface area contributed by atoms with Crippen molar-refractivity contribution in [2.75, 3.05) is 11.8 Å². The van der Waals surface area contributed by atoms with Crippen molar-refractivity contribution in [3.63, 3.8) is 0 Å². The maximum Gasteiger partial charge on any atom is 0.130 e. The highest BCUT2D eigenvalue weighted by atomic mass is 35.5. The van der Waals surface area contributed by atoms with Gasteiger partial charge >= 0.3 is 0 Å². The lowest BCUT2D eigenvalue weighted by Crippen LogP contribution is -2.35. The van der Waals surface area contributed by atoms with Crippen molar-refractivity contribution in [2.24, 2.45) is 18.4 Å². The first-order valence-corrected chi connectivity index (χ1v) is 8.28. The van der Waals surface area contributed by atoms with Gasteiger partial charge in [-0.2, -0.15) is 5.10 Å². The van der Waals surface area contributed by atoms with Crippen molar-refractivity contribution >= 4 is 34.8 Å². The Labute approximate surface area is 130 Å². The number of alkyl halides is 2. The summed E-state index contributed by atoms with van der Waals surface area (Å²) in [4.78, 5) is 0. The van der Waals surface area contributed by atoms with Gasteiger partial charge in [-0.25, -0.2) is 0 Å². The Bertz CT molecular complexity index is 432. The number of nitrogens with zero attached hydrogens (tertiary/aromatic N) is 2. The summed E-state index contributed by atoms with van der Waals surface area (Å²) in [6.07, 6.45) is 5.88. The molecule has 19 heavy (non-hydrogen) atoms. The minimum absolute atomic E-state index is 0.0446. The van der Waals surface area contributed by atoms with Crippen LogP contribution in [0.4, 0.5) is 0 Å². The van der Waals surface area contributed by atoms with E-state index >= 15 is 0 Å². The molecule has 0 amide bonds. The van der Waals surface area contributed by atoms with Gasteiger partial charge < -0.3 is 0 Å². The minimum Gasteiger partial charge on any atom is -0.257 e. The van der Waals surface area contributed by atoms with Gasteiger partial charge in [-0.15, -0.1) is 23.2 Å². The van der Waals surface area contributed by atoms with Gasteiger partial charge in [0.2, 0.25) is 0 Å². The number of aryl methyl sites for hydroxylation is 2. The Hall–Kier alpha value is 0.0800. The minimum atomic E-state index is -0.0446. The van der Waals surface area contributed by atoms with E-state index in [0.717, 1.165) is 22.8 Å². The third-order valence-electron chi connectivity index (χ3n) is 4.55. The van der Waals surface area contributed by atoms with Crippen LogP contribution in [0.15, 0.2) is 0 Å². The van der Waals surface area contributed by atoms with E-state index in [1.165, 1.54) is 25.7 Å². The number of hydrogen-bond donors (Lipinski definition) is 0. The molecule has 108 valence electrons. The van der Waals surface area contributed by atoms with Gasteiger partial charge in [0.1, 0.15) is 5.15 Å². The second kappa shape index (κ2) is 6.24. The smallest absolute Gasteiger partial charge is 0.130 e. The highest BCUT2D eigenvalue weighted by molar-refractivity contribution is 6.30. The monoisotopic (exact) mass is 322 g/mol. The Morgan fingerprint density at radius 2 is 1.84 bits per heavy atom. The predicted octanol–water partition coefficient (Wildman–Crippen LogP) is 4.58. The van der Waals surface area contributed by atoms with Crippen LogP contribution in [0.3, 0.4) is 0 Å². The SMILES string of the molecule is Cc1nn(C)c(Cl)c1CC(CCl)(CCl)C1CCCC1. The molecule has 1 aromatic rings. The van der Waals surface area contributed by atoms with E-state index in [2.05, 4.69) is 5.10 Å². The van der Waals surface area contributed by atoms with E-state index in [1.54, 1.807) is 4.68 Å². The lowest BCUT2D eigenvalue weighted by Gasteiger charge is -2.36. The largest absolute Gasteiger partial charge is 0.257 e. The summed E-state index contributed by atoms with van der Waals surface area (Å²) >= 11 is 19.0. The molecule has 0 N–H and O–H groups in total. The quantitative estimate of drug-likeness (QED) is 0.725. The maximum atomic E-state index is 6.36. The summed E-state index contributed by atoms with van der Waals surface area (Å²) in [6, 6.07) is 0. The Morgan fingerprint density at radius 1 is 1.26 bits per heavy atom. The zero-order valence-electron chi connectivity index (χ0n) is 11.6. The molecule has 2 nitrogen and oxygen atoms in total. The van der Waals surface area contributed by atoms with Crippen LogP contribution in [0.2, 0.25) is 5.15 Å². The average Bonchev–Trinajstić information content (AvgIpc) is 3.00. The van der Waals surface area contributed by atoms with Gasteiger partial charge in [0, 0.05) is 29.8 Å². The molecule has 0 aromatic carbocycles. The van der Waals surface area contributed by atoms with E-state index < -0.39 is 0 Å². The van der Waals surface area contributed by atoms with Gasteiger partial charge in [-0.1, -0.05) is 24.4 Å². The first-order valence-electron chi connectivity index (χ1n) is 6.84. The number of rotatable bonds is 5. The molecule has 0 bridgehead atoms. The van der Waals surface area contributed by atoms with Gasteiger partial charge in [0.05, 0.1) is 5.69 Å². The Kier molecular flexibility index (Phi) is 5.08. The third kappa shape index (κ3) is 2.91. The Balaban J connectivity index is 2.29. The summed E-state index contributed by atoms with van der Waals surface area (Å²) in [5.74, 6) is 1.79. The average molecular weight is 324 g/mol. The van der Waals surface area contributed by atoms with Crippen molar-refractivity contribution in [3.8, 4) is 0 Å². The number of aromatic nitrogens is 2. The Morgan fingerprint density at radius 3 is 2.26 bits per heavy atom. The molecule has 1 aromatic heterocycles. The standard InChI is InChI=1S/C14H21Cl3N2/c1-10-12(13(17)19(2)18-10)7-14(8-15,9-16)11-5-3-4-6-11/h11H,3-9H2,1-2H3. The molecule has 1 saturated carbocycles. The van der Waals surface area contributed by atoms with E-state index in [0.29, 0.717) is 17.7 Å². The fraction of sp³-hybridized carbons (Fsp3) is 0.786. The lowest BCUT2D eigenvalue weighted by molar-refractivity contribution is 0.224. The topological polar surface area (TPSA) is 17.8 Å². The fourth-order valence-corrected chi connectivity index (χ4v) is 4.41. The van der Waals surface area contributed by atoms with Crippen LogP contribution in [0.5, 0.6) is 0 Å². The lowest BCUT2D eigenvalue weighted by atomic mass is 9.73. The summed E-state index contributed by atoms with van der Waals surface area (Å²) in [5.41, 5.74) is 2.05. The molecular weight excluding hydrogens is 303 g/mol. The molecule has 0 atom stereocenters. The van der Waals surface area contributed by atoms with Crippen LogP contribution >= 0.6 is 34.8 Å². The molecule has 1 heterocycles. The van der Waals surface area contributed by atoms with E-state index in [-0.39, 0.29) is 5.41 Å². The van der Waals surface area contributed by atoms with Crippen LogP contribution in [0.1, 0.15) is 36.9 Å². The van der Waals surface area contributed by atoms with Crippen LogP contribution in [0, 0.1) is 18.3 Å². The molecule has 0 radical (unpaired) electrons. The fourth-order valence-electron chi connectivity index (χ4n) is 3.26. The van der Waals surface area contributed by atoms with Crippen LogP contribution in [-0.4, -0.2) is 21.5 Å². The van der Waals surface area contributed by atoms with Gasteiger partial charge in [-0.3, -0.25) is 4.68 Å². The molecule has 0 spiro atoms. The number of hydrogen-bond acceptors (Lipinski definition) is 1. The van der Waals surface area contributed by atoms with E-state index in [4.69, 9.17) is 34.8 Å². The van der Waals surface area contributed by atoms with Crippen molar-refractivity contribution in [3.05, 3.63) is 16.4 Å². The van der Waals surface area contributed by atoms with E-state index in [1.807, 2.05) is 14.0 Å². The first kappa shape index (κ1) is 15.5. The van der Waals surface area contributed by atoms with Gasteiger partial charge in [-0.05, 0) is 32.1 Å². The van der Waals surface area contributed by atoms with Crippen LogP contribution in [0.25, 0.3) is 0 Å². The van der Waals surface area contributed by atoms with Crippen LogP contribution < -0.4 is 0 Å². The van der Waals surface area contributed by atoms with Crippen LogP contribution in [-0.2, 0) is 13.5 Å². The highest BCUT2D eigenvalue weighted by Crippen LogP contribution is 2.45.